The van der Waals surface area contributed by atoms with E-state index in [1.807, 2.05) is 0 Å². The minimum absolute atomic E-state index is 1.18. The monoisotopic (exact) mass is 469 g/mol. The van der Waals surface area contributed by atoms with Gasteiger partial charge in [-0.3, -0.25) is 0 Å². The van der Waals surface area contributed by atoms with Crippen LogP contribution in [0.3, 0.4) is 0 Å². The lowest BCUT2D eigenvalue weighted by Gasteiger charge is -2.15. The van der Waals surface area contributed by atoms with Gasteiger partial charge in [0.2, 0.25) is 0 Å². The van der Waals surface area contributed by atoms with Crippen LogP contribution in [0.25, 0.3) is 70.9 Å². The number of rotatable bonds is 2. The maximum absolute atomic E-state index is 2.38. The van der Waals surface area contributed by atoms with Crippen molar-refractivity contribution in [2.45, 2.75) is 0 Å². The molecule has 0 N–H and O–H groups in total. The summed E-state index contributed by atoms with van der Waals surface area (Å²) in [7, 11) is 0. The summed E-state index contributed by atoms with van der Waals surface area (Å²) in [4.78, 5) is 0. The number of fused-ring (bicyclic) bond motifs is 7. The van der Waals surface area contributed by atoms with E-state index >= 15 is 0 Å². The number of aromatic nitrogens is 1. The minimum atomic E-state index is 1.18. The lowest BCUT2D eigenvalue weighted by molar-refractivity contribution is 1.18. The zero-order chi connectivity index (χ0) is 24.3. The van der Waals surface area contributed by atoms with Crippen LogP contribution in [0.2, 0.25) is 0 Å². The van der Waals surface area contributed by atoms with E-state index in [4.69, 9.17) is 0 Å². The minimum Gasteiger partial charge on any atom is -0.309 e. The first-order valence-electron chi connectivity index (χ1n) is 12.8. The van der Waals surface area contributed by atoms with Gasteiger partial charge in [0, 0.05) is 16.5 Å². The Hall–Kier alpha value is -4.88. The molecule has 0 radical (unpaired) electrons. The van der Waals surface area contributed by atoms with Crippen LogP contribution in [0.1, 0.15) is 0 Å². The zero-order valence-corrected chi connectivity index (χ0v) is 20.2. The molecule has 1 nitrogen and oxygen atoms in total. The quantitative estimate of drug-likeness (QED) is 0.175. The van der Waals surface area contributed by atoms with Gasteiger partial charge in [-0.1, -0.05) is 109 Å². The number of benzene rings is 7. The topological polar surface area (TPSA) is 4.93 Å². The average molecular weight is 470 g/mol. The fourth-order valence-corrected chi connectivity index (χ4v) is 6.11. The standard InChI is InChI=1S/C36H23N/c1-3-11-28-24(9-1)19-22-32-33(28)23-26-10-2-4-12-29(26)36(32)25-17-20-27(21-18-25)37-34-15-7-5-13-30(34)31-14-6-8-16-35(31)37/h1-23H. The van der Waals surface area contributed by atoms with Crippen LogP contribution in [-0.4, -0.2) is 4.57 Å². The van der Waals surface area contributed by atoms with Crippen molar-refractivity contribution in [2.75, 3.05) is 0 Å². The van der Waals surface area contributed by atoms with Crippen LogP contribution >= 0.6 is 0 Å². The molecular weight excluding hydrogens is 446 g/mol. The van der Waals surface area contributed by atoms with E-state index in [-0.39, 0.29) is 0 Å². The molecule has 0 atom stereocenters. The number of nitrogens with zero attached hydrogens (tertiary/aromatic N) is 1. The van der Waals surface area contributed by atoms with Crippen LogP contribution in [-0.2, 0) is 0 Å². The molecule has 0 aliphatic rings. The Morgan fingerprint density at radius 1 is 0.351 bits per heavy atom. The molecule has 8 aromatic rings. The third kappa shape index (κ3) is 2.98. The number of hydrogen-bond acceptors (Lipinski definition) is 0. The first-order valence-corrected chi connectivity index (χ1v) is 12.8. The molecule has 0 saturated carbocycles. The Balaban J connectivity index is 1.39. The molecule has 0 amide bonds. The molecule has 1 heteroatoms. The molecule has 37 heavy (non-hydrogen) atoms. The predicted molar refractivity (Wildman–Crippen MR) is 159 cm³/mol. The van der Waals surface area contributed by atoms with Gasteiger partial charge in [0.1, 0.15) is 0 Å². The molecule has 7 aromatic carbocycles. The summed E-state index contributed by atoms with van der Waals surface area (Å²) in [5.74, 6) is 0. The van der Waals surface area contributed by atoms with Gasteiger partial charge >= 0.3 is 0 Å². The normalized spacial score (nSPS) is 11.8. The highest BCUT2D eigenvalue weighted by Crippen LogP contribution is 2.40. The Bertz CT molecular complexity index is 2070. The third-order valence-corrected chi connectivity index (χ3v) is 7.76. The first-order chi connectivity index (χ1) is 18.4. The molecule has 0 aliphatic carbocycles. The predicted octanol–water partition coefficient (Wildman–Crippen LogP) is 9.91. The van der Waals surface area contributed by atoms with Gasteiger partial charge in [0.25, 0.3) is 0 Å². The summed E-state index contributed by atoms with van der Waals surface area (Å²) in [6.45, 7) is 0. The third-order valence-electron chi connectivity index (χ3n) is 7.76. The Morgan fingerprint density at radius 3 is 1.62 bits per heavy atom. The second kappa shape index (κ2) is 7.81. The lowest BCUT2D eigenvalue weighted by atomic mass is 9.90. The summed E-state index contributed by atoms with van der Waals surface area (Å²) in [6, 6.07) is 50.8. The average Bonchev–Trinajstić information content (AvgIpc) is 3.30. The fourth-order valence-electron chi connectivity index (χ4n) is 6.11. The van der Waals surface area contributed by atoms with Crippen molar-refractivity contribution in [3.05, 3.63) is 140 Å². The molecule has 1 aromatic heterocycles. The molecule has 0 saturated heterocycles. The van der Waals surface area contributed by atoms with E-state index in [2.05, 4.69) is 144 Å². The van der Waals surface area contributed by atoms with Crippen molar-refractivity contribution >= 4 is 54.1 Å². The van der Waals surface area contributed by atoms with Crippen LogP contribution in [0.15, 0.2) is 140 Å². The van der Waals surface area contributed by atoms with Gasteiger partial charge in [0.15, 0.2) is 0 Å². The van der Waals surface area contributed by atoms with Crippen LogP contribution < -0.4 is 0 Å². The van der Waals surface area contributed by atoms with Gasteiger partial charge in [-0.05, 0) is 73.8 Å². The molecule has 172 valence electrons. The van der Waals surface area contributed by atoms with E-state index in [1.54, 1.807) is 0 Å². The molecule has 0 fully saturated rings. The van der Waals surface area contributed by atoms with Crippen molar-refractivity contribution < 1.29 is 0 Å². The van der Waals surface area contributed by atoms with E-state index < -0.39 is 0 Å². The maximum atomic E-state index is 2.38. The maximum Gasteiger partial charge on any atom is 0.0541 e. The Labute approximate surface area is 214 Å². The second-order valence-electron chi connectivity index (χ2n) is 9.77. The molecule has 0 aliphatic heterocycles. The van der Waals surface area contributed by atoms with E-state index in [0.717, 1.165) is 0 Å². The summed E-state index contributed by atoms with van der Waals surface area (Å²) < 4.78 is 2.38. The summed E-state index contributed by atoms with van der Waals surface area (Å²) in [6.07, 6.45) is 0. The molecule has 0 bridgehead atoms. The highest BCUT2D eigenvalue weighted by atomic mass is 15.0. The van der Waals surface area contributed by atoms with Gasteiger partial charge in [0.05, 0.1) is 11.0 Å². The van der Waals surface area contributed by atoms with E-state index in [9.17, 15) is 0 Å². The molecule has 8 rings (SSSR count). The highest BCUT2D eigenvalue weighted by molar-refractivity contribution is 6.20. The Kier molecular flexibility index (Phi) is 4.29. The van der Waals surface area contributed by atoms with Crippen LogP contribution in [0, 0.1) is 0 Å². The molecular formula is C36H23N. The number of para-hydroxylation sites is 2. The SMILES string of the molecule is c1ccc2c(-c3ccc(-n4c5ccccc5c5ccccc54)cc3)c3ccc4ccccc4c3cc2c1. The summed E-state index contributed by atoms with van der Waals surface area (Å²) >= 11 is 0. The molecule has 0 spiro atoms. The smallest absolute Gasteiger partial charge is 0.0541 e. The number of hydrogen-bond donors (Lipinski definition) is 0. The lowest BCUT2D eigenvalue weighted by Crippen LogP contribution is -1.94. The molecule has 1 heterocycles. The van der Waals surface area contributed by atoms with Crippen molar-refractivity contribution in [1.82, 2.24) is 4.57 Å². The fraction of sp³-hybridized carbons (Fsp3) is 0. The largest absolute Gasteiger partial charge is 0.309 e. The van der Waals surface area contributed by atoms with E-state index in [1.165, 1.54) is 70.9 Å². The first kappa shape index (κ1) is 20.3. The second-order valence-corrected chi connectivity index (χ2v) is 9.77. The van der Waals surface area contributed by atoms with Crippen molar-refractivity contribution in [2.24, 2.45) is 0 Å². The van der Waals surface area contributed by atoms with Gasteiger partial charge in [-0.25, -0.2) is 0 Å². The van der Waals surface area contributed by atoms with Crippen LogP contribution in [0.4, 0.5) is 0 Å². The Morgan fingerprint density at radius 2 is 0.919 bits per heavy atom. The van der Waals surface area contributed by atoms with Crippen molar-refractivity contribution in [3.63, 3.8) is 0 Å². The molecule has 0 unspecified atom stereocenters. The van der Waals surface area contributed by atoms with Gasteiger partial charge in [-0.15, -0.1) is 0 Å². The van der Waals surface area contributed by atoms with Crippen molar-refractivity contribution in [3.8, 4) is 16.8 Å². The van der Waals surface area contributed by atoms with Gasteiger partial charge in [-0.2, -0.15) is 0 Å². The van der Waals surface area contributed by atoms with Crippen LogP contribution in [0.5, 0.6) is 0 Å². The van der Waals surface area contributed by atoms with E-state index in [0.29, 0.717) is 0 Å². The van der Waals surface area contributed by atoms with Gasteiger partial charge < -0.3 is 4.57 Å². The summed E-state index contributed by atoms with van der Waals surface area (Å²) in [5, 5.41) is 10.3. The van der Waals surface area contributed by atoms with Crippen molar-refractivity contribution in [1.29, 1.82) is 0 Å². The highest BCUT2D eigenvalue weighted by Gasteiger charge is 2.14. The zero-order valence-electron chi connectivity index (χ0n) is 20.2. The summed E-state index contributed by atoms with van der Waals surface area (Å²) in [5.41, 5.74) is 6.18.